The first-order valence-corrected chi connectivity index (χ1v) is 5.12. The lowest BCUT2D eigenvalue weighted by Crippen LogP contribution is -2.11. The van der Waals surface area contributed by atoms with Crippen molar-refractivity contribution in [3.8, 4) is 5.69 Å². The van der Waals surface area contributed by atoms with Crippen LogP contribution in [-0.2, 0) is 0 Å². The molecule has 0 atom stereocenters. The molecule has 4 nitrogen and oxygen atoms in total. The molecule has 16 heavy (non-hydrogen) atoms. The SMILES string of the molecule is Cc1ccn(-c2ccc(C(=N)N)cc2Cl)n1. The molecule has 2 rings (SSSR count). The second-order valence-electron chi connectivity index (χ2n) is 3.48. The standard InChI is InChI=1S/C11H11ClN4/c1-7-4-5-16(15-7)10-3-2-8(11(13)14)6-9(10)12/h2-6H,1H3,(H3,13,14). The average molecular weight is 235 g/mol. The zero-order valence-electron chi connectivity index (χ0n) is 8.74. The van der Waals surface area contributed by atoms with Crippen LogP contribution in [0.3, 0.4) is 0 Å². The van der Waals surface area contributed by atoms with Crippen molar-refractivity contribution in [3.63, 3.8) is 0 Å². The minimum absolute atomic E-state index is 0.00472. The van der Waals surface area contributed by atoms with Crippen LogP contribution in [0.4, 0.5) is 0 Å². The molecule has 0 aliphatic carbocycles. The number of nitrogens with two attached hydrogens (primary N) is 1. The first kappa shape index (κ1) is 10.7. The van der Waals surface area contributed by atoms with E-state index >= 15 is 0 Å². The summed E-state index contributed by atoms with van der Waals surface area (Å²) in [5.74, 6) is 0.00472. The molecule has 0 fully saturated rings. The van der Waals surface area contributed by atoms with Gasteiger partial charge in [-0.25, -0.2) is 4.68 Å². The van der Waals surface area contributed by atoms with Gasteiger partial charge in [0.1, 0.15) is 5.84 Å². The van der Waals surface area contributed by atoms with Crippen molar-refractivity contribution in [2.24, 2.45) is 5.73 Å². The molecule has 1 aromatic carbocycles. The average Bonchev–Trinajstić information content (AvgIpc) is 2.64. The summed E-state index contributed by atoms with van der Waals surface area (Å²) in [5, 5.41) is 12.1. The summed E-state index contributed by atoms with van der Waals surface area (Å²) in [4.78, 5) is 0. The van der Waals surface area contributed by atoms with Gasteiger partial charge in [0.2, 0.25) is 0 Å². The Balaban J connectivity index is 2.47. The van der Waals surface area contributed by atoms with E-state index in [4.69, 9.17) is 22.7 Å². The molecule has 5 heteroatoms. The van der Waals surface area contributed by atoms with Gasteiger partial charge in [0.25, 0.3) is 0 Å². The number of hydrogen-bond acceptors (Lipinski definition) is 2. The molecule has 0 spiro atoms. The van der Waals surface area contributed by atoms with Crippen molar-refractivity contribution in [1.29, 1.82) is 5.41 Å². The highest BCUT2D eigenvalue weighted by molar-refractivity contribution is 6.32. The van der Waals surface area contributed by atoms with Gasteiger partial charge in [-0.2, -0.15) is 5.10 Å². The summed E-state index contributed by atoms with van der Waals surface area (Å²) < 4.78 is 1.70. The minimum Gasteiger partial charge on any atom is -0.384 e. The number of amidine groups is 1. The Morgan fingerprint density at radius 3 is 2.69 bits per heavy atom. The Bertz CT molecular complexity index is 545. The smallest absolute Gasteiger partial charge is 0.122 e. The Morgan fingerprint density at radius 2 is 2.19 bits per heavy atom. The number of rotatable bonds is 2. The predicted octanol–water partition coefficient (Wildman–Crippen LogP) is 2.12. The van der Waals surface area contributed by atoms with Crippen LogP contribution in [0.15, 0.2) is 30.5 Å². The van der Waals surface area contributed by atoms with Crippen LogP contribution < -0.4 is 5.73 Å². The minimum atomic E-state index is 0.00472. The van der Waals surface area contributed by atoms with Gasteiger partial charge in [0, 0.05) is 11.8 Å². The number of hydrogen-bond donors (Lipinski definition) is 2. The molecule has 0 saturated heterocycles. The molecule has 3 N–H and O–H groups in total. The zero-order valence-corrected chi connectivity index (χ0v) is 9.49. The number of nitrogens with one attached hydrogen (secondary N) is 1. The Morgan fingerprint density at radius 1 is 1.44 bits per heavy atom. The molecule has 82 valence electrons. The fourth-order valence-electron chi connectivity index (χ4n) is 1.41. The maximum atomic E-state index is 7.31. The van der Waals surface area contributed by atoms with Gasteiger partial charge in [-0.05, 0) is 31.2 Å². The van der Waals surface area contributed by atoms with Crippen LogP contribution in [0.5, 0.6) is 0 Å². The van der Waals surface area contributed by atoms with Crippen LogP contribution in [-0.4, -0.2) is 15.6 Å². The number of halogens is 1. The molecule has 0 saturated carbocycles. The predicted molar refractivity (Wildman–Crippen MR) is 64.3 cm³/mol. The number of aryl methyl sites for hydroxylation is 1. The van der Waals surface area contributed by atoms with E-state index in [1.54, 1.807) is 22.9 Å². The molecule has 0 bridgehead atoms. The fraction of sp³-hybridized carbons (Fsp3) is 0.0909. The van der Waals surface area contributed by atoms with E-state index in [9.17, 15) is 0 Å². The number of aromatic nitrogens is 2. The van der Waals surface area contributed by atoms with E-state index in [0.717, 1.165) is 11.4 Å². The third-order valence-corrected chi connectivity index (χ3v) is 2.53. The molecule has 0 aliphatic rings. The van der Waals surface area contributed by atoms with Crippen LogP contribution in [0, 0.1) is 12.3 Å². The lowest BCUT2D eigenvalue weighted by Gasteiger charge is -2.06. The van der Waals surface area contributed by atoms with Crippen molar-refractivity contribution in [2.45, 2.75) is 6.92 Å². The van der Waals surface area contributed by atoms with E-state index in [2.05, 4.69) is 5.10 Å². The molecule has 0 aliphatic heterocycles. The van der Waals surface area contributed by atoms with Gasteiger partial charge in [-0.3, -0.25) is 5.41 Å². The van der Waals surface area contributed by atoms with Gasteiger partial charge in [0.05, 0.1) is 16.4 Å². The van der Waals surface area contributed by atoms with E-state index in [-0.39, 0.29) is 5.84 Å². The first-order valence-electron chi connectivity index (χ1n) is 4.74. The second-order valence-corrected chi connectivity index (χ2v) is 3.89. The normalized spacial score (nSPS) is 10.4. The summed E-state index contributed by atoms with van der Waals surface area (Å²) in [6, 6.07) is 7.11. The van der Waals surface area contributed by atoms with Gasteiger partial charge in [-0.15, -0.1) is 0 Å². The summed E-state index contributed by atoms with van der Waals surface area (Å²) in [6.45, 7) is 1.91. The highest BCUT2D eigenvalue weighted by atomic mass is 35.5. The molecular weight excluding hydrogens is 224 g/mol. The van der Waals surface area contributed by atoms with Gasteiger partial charge in [0.15, 0.2) is 0 Å². The quantitative estimate of drug-likeness (QED) is 0.617. The summed E-state index contributed by atoms with van der Waals surface area (Å²) in [6.07, 6.45) is 1.84. The highest BCUT2D eigenvalue weighted by Gasteiger charge is 2.06. The molecule has 0 unspecified atom stereocenters. The third-order valence-electron chi connectivity index (χ3n) is 2.23. The van der Waals surface area contributed by atoms with Crippen LogP contribution in [0.25, 0.3) is 5.69 Å². The van der Waals surface area contributed by atoms with E-state index < -0.39 is 0 Å². The maximum Gasteiger partial charge on any atom is 0.122 e. The molecule has 0 radical (unpaired) electrons. The lowest BCUT2D eigenvalue weighted by molar-refractivity contribution is 0.863. The van der Waals surface area contributed by atoms with Crippen molar-refractivity contribution >= 4 is 17.4 Å². The molecule has 1 heterocycles. The molecule has 1 aromatic heterocycles. The van der Waals surface area contributed by atoms with Crippen LogP contribution in [0.1, 0.15) is 11.3 Å². The van der Waals surface area contributed by atoms with Crippen molar-refractivity contribution < 1.29 is 0 Å². The van der Waals surface area contributed by atoms with Gasteiger partial charge in [-0.1, -0.05) is 11.6 Å². The van der Waals surface area contributed by atoms with Crippen LogP contribution in [0.2, 0.25) is 5.02 Å². The Labute approximate surface area is 98.2 Å². The lowest BCUT2D eigenvalue weighted by atomic mass is 10.2. The fourth-order valence-corrected chi connectivity index (χ4v) is 1.68. The molecular formula is C11H11ClN4. The third kappa shape index (κ3) is 1.92. The summed E-state index contributed by atoms with van der Waals surface area (Å²) >= 11 is 6.10. The number of nitrogen functional groups attached to an aromatic ring is 1. The monoisotopic (exact) mass is 234 g/mol. The largest absolute Gasteiger partial charge is 0.384 e. The van der Waals surface area contributed by atoms with E-state index in [1.165, 1.54) is 0 Å². The second kappa shape index (κ2) is 3.98. The van der Waals surface area contributed by atoms with Crippen molar-refractivity contribution in [1.82, 2.24) is 9.78 Å². The molecule has 2 aromatic rings. The zero-order chi connectivity index (χ0) is 11.7. The maximum absolute atomic E-state index is 7.31. The molecule has 0 amide bonds. The van der Waals surface area contributed by atoms with Crippen molar-refractivity contribution in [2.75, 3.05) is 0 Å². The van der Waals surface area contributed by atoms with E-state index in [0.29, 0.717) is 10.6 Å². The first-order chi connectivity index (χ1) is 7.58. The Kier molecular flexibility index (Phi) is 2.66. The summed E-state index contributed by atoms with van der Waals surface area (Å²) in [5.41, 5.74) is 7.69. The highest BCUT2D eigenvalue weighted by Crippen LogP contribution is 2.21. The van der Waals surface area contributed by atoms with Gasteiger partial charge >= 0.3 is 0 Å². The van der Waals surface area contributed by atoms with Gasteiger partial charge < -0.3 is 5.73 Å². The van der Waals surface area contributed by atoms with Crippen molar-refractivity contribution in [3.05, 3.63) is 46.7 Å². The number of nitrogens with zero attached hydrogens (tertiary/aromatic N) is 2. The topological polar surface area (TPSA) is 67.7 Å². The number of benzene rings is 1. The van der Waals surface area contributed by atoms with Crippen LogP contribution >= 0.6 is 11.6 Å². The van der Waals surface area contributed by atoms with E-state index in [1.807, 2.05) is 19.2 Å². The Hall–Kier alpha value is -1.81. The summed E-state index contributed by atoms with van der Waals surface area (Å²) in [7, 11) is 0.